The average Bonchev–Trinajstić information content (AvgIpc) is 2.38. The second-order valence-corrected chi connectivity index (χ2v) is 5.34. The van der Waals surface area contributed by atoms with Crippen molar-refractivity contribution in [2.24, 2.45) is 0 Å². The molecule has 0 aromatic rings. The normalized spacial score (nSPS) is 34.7. The van der Waals surface area contributed by atoms with Crippen molar-refractivity contribution < 1.29 is 45.0 Å². The summed E-state index contributed by atoms with van der Waals surface area (Å²) in [6, 6.07) is -1.19. The van der Waals surface area contributed by atoms with Gasteiger partial charge in [-0.1, -0.05) is 0 Å². The molecule has 1 aliphatic rings. The highest BCUT2D eigenvalue weighted by molar-refractivity contribution is 5.73. The van der Waals surface area contributed by atoms with E-state index in [1.165, 1.54) is 0 Å². The first-order chi connectivity index (χ1) is 10.1. The first kappa shape index (κ1) is 18.7. The van der Waals surface area contributed by atoms with Crippen LogP contribution in [0.5, 0.6) is 0 Å². The monoisotopic (exact) mass is 323 g/mol. The Morgan fingerprint density at radius 2 is 2.00 bits per heavy atom. The second-order valence-electron chi connectivity index (χ2n) is 5.34. The molecule has 1 fully saturated rings. The van der Waals surface area contributed by atoms with Gasteiger partial charge in [-0.3, -0.25) is 9.59 Å². The summed E-state index contributed by atoms with van der Waals surface area (Å²) in [6.07, 6.45) is -7.75. The molecule has 0 radical (unpaired) electrons. The third-order valence-electron chi connectivity index (χ3n) is 3.37. The Balaban J connectivity index is 3.04. The van der Waals surface area contributed by atoms with Crippen LogP contribution in [0.15, 0.2) is 0 Å². The standard InChI is InChI=1S/C12H21NO9/c1-5(15)13-9-6(16)2-12(21,3-8(18)19)22-11(9)10(20)7(17)4-14/h6-7,9-11,14,16-17,20-21H,2-4H2,1H3,(H,13,15)(H,18,19)/t6-,7+,9+,10+,11+,12-/m0/s1. The molecule has 10 heteroatoms. The summed E-state index contributed by atoms with van der Waals surface area (Å²) >= 11 is 0. The van der Waals surface area contributed by atoms with Gasteiger partial charge in [0.1, 0.15) is 18.3 Å². The zero-order valence-electron chi connectivity index (χ0n) is 11.9. The van der Waals surface area contributed by atoms with Gasteiger partial charge in [0.2, 0.25) is 5.91 Å². The van der Waals surface area contributed by atoms with Crippen molar-refractivity contribution in [1.29, 1.82) is 0 Å². The van der Waals surface area contributed by atoms with Crippen LogP contribution in [0, 0.1) is 0 Å². The lowest BCUT2D eigenvalue weighted by Gasteiger charge is -2.46. The van der Waals surface area contributed by atoms with Gasteiger partial charge in [-0.25, -0.2) is 0 Å². The fourth-order valence-corrected chi connectivity index (χ4v) is 2.42. The van der Waals surface area contributed by atoms with Gasteiger partial charge in [0, 0.05) is 13.3 Å². The molecule has 0 aromatic heterocycles. The highest BCUT2D eigenvalue weighted by atomic mass is 16.6. The van der Waals surface area contributed by atoms with E-state index >= 15 is 0 Å². The Labute approximate surface area is 125 Å². The van der Waals surface area contributed by atoms with Crippen molar-refractivity contribution in [2.45, 2.75) is 56.0 Å². The topological polar surface area (TPSA) is 177 Å². The Morgan fingerprint density at radius 3 is 2.45 bits per heavy atom. The number of carboxylic acid groups (broad SMARTS) is 1. The van der Waals surface area contributed by atoms with Gasteiger partial charge in [0.25, 0.3) is 0 Å². The zero-order chi connectivity index (χ0) is 17.1. The Kier molecular flexibility index (Phi) is 6.23. The quantitative estimate of drug-likeness (QED) is 0.261. The van der Waals surface area contributed by atoms with Crippen LogP contribution >= 0.6 is 0 Å². The van der Waals surface area contributed by atoms with E-state index in [9.17, 15) is 30.0 Å². The number of aliphatic hydroxyl groups is 5. The maximum Gasteiger partial charge on any atom is 0.308 e. The molecule has 0 spiro atoms. The molecule has 0 unspecified atom stereocenters. The summed E-state index contributed by atoms with van der Waals surface area (Å²) in [4.78, 5) is 21.9. The van der Waals surface area contributed by atoms with Gasteiger partial charge >= 0.3 is 5.97 Å². The number of amides is 1. The number of nitrogens with one attached hydrogen (secondary N) is 1. The van der Waals surface area contributed by atoms with Crippen LogP contribution < -0.4 is 5.32 Å². The fraction of sp³-hybridized carbons (Fsp3) is 0.833. The zero-order valence-corrected chi connectivity index (χ0v) is 11.9. The minimum absolute atomic E-state index is 0.511. The smallest absolute Gasteiger partial charge is 0.308 e. The molecule has 7 N–H and O–H groups in total. The predicted molar refractivity (Wildman–Crippen MR) is 69.4 cm³/mol. The Hall–Kier alpha value is -1.30. The van der Waals surface area contributed by atoms with Crippen molar-refractivity contribution in [2.75, 3.05) is 6.61 Å². The molecule has 6 atom stereocenters. The van der Waals surface area contributed by atoms with Crippen LogP contribution in [-0.4, -0.2) is 85.4 Å². The van der Waals surface area contributed by atoms with Crippen LogP contribution in [0.2, 0.25) is 0 Å². The summed E-state index contributed by atoms with van der Waals surface area (Å²) in [5.74, 6) is -4.24. The minimum Gasteiger partial charge on any atom is -0.481 e. The van der Waals surface area contributed by atoms with Crippen LogP contribution in [0.25, 0.3) is 0 Å². The van der Waals surface area contributed by atoms with Crippen molar-refractivity contribution in [1.82, 2.24) is 5.32 Å². The number of aliphatic carboxylic acids is 1. The number of rotatable bonds is 6. The predicted octanol–water partition coefficient (Wildman–Crippen LogP) is -3.48. The molecule has 1 amide bonds. The molecular formula is C12H21NO9. The maximum atomic E-state index is 11.2. The van der Waals surface area contributed by atoms with Crippen LogP contribution in [0.1, 0.15) is 19.8 Å². The number of hydrogen-bond acceptors (Lipinski definition) is 8. The third-order valence-corrected chi connectivity index (χ3v) is 3.37. The molecule has 0 aliphatic carbocycles. The van der Waals surface area contributed by atoms with Crippen LogP contribution in [-0.2, 0) is 14.3 Å². The summed E-state index contributed by atoms with van der Waals surface area (Å²) in [5, 5.41) is 59.5. The van der Waals surface area contributed by atoms with Gasteiger partial charge < -0.3 is 40.7 Å². The largest absolute Gasteiger partial charge is 0.481 e. The van der Waals surface area contributed by atoms with Crippen LogP contribution in [0.4, 0.5) is 0 Å². The molecule has 1 saturated heterocycles. The minimum atomic E-state index is -2.28. The highest BCUT2D eigenvalue weighted by Gasteiger charge is 2.50. The first-order valence-electron chi connectivity index (χ1n) is 6.64. The first-order valence-corrected chi connectivity index (χ1v) is 6.64. The van der Waals surface area contributed by atoms with Gasteiger partial charge in [0.15, 0.2) is 5.79 Å². The molecule has 128 valence electrons. The number of carbonyl (C=O) groups excluding carboxylic acids is 1. The van der Waals surface area contributed by atoms with Gasteiger partial charge in [0.05, 0.1) is 25.2 Å². The van der Waals surface area contributed by atoms with Crippen LogP contribution in [0.3, 0.4) is 0 Å². The lowest BCUT2D eigenvalue weighted by molar-refractivity contribution is -0.302. The molecule has 0 aromatic carbocycles. The Morgan fingerprint density at radius 1 is 1.41 bits per heavy atom. The molecule has 10 nitrogen and oxygen atoms in total. The summed E-state index contributed by atoms with van der Waals surface area (Å²) in [6.45, 7) is 0.317. The van der Waals surface area contributed by atoms with Crippen molar-refractivity contribution in [3.05, 3.63) is 0 Å². The fourth-order valence-electron chi connectivity index (χ4n) is 2.42. The summed E-state index contributed by atoms with van der Waals surface area (Å²) in [5.41, 5.74) is 0. The lowest BCUT2D eigenvalue weighted by Crippen LogP contribution is -2.65. The number of aliphatic hydroxyl groups excluding tert-OH is 4. The SMILES string of the molecule is CC(=O)N[C@H]1[C@H]([C@H](O)[C@H](O)CO)O[C@](O)(CC(=O)O)C[C@@H]1O. The van der Waals surface area contributed by atoms with E-state index in [1.54, 1.807) is 0 Å². The second kappa shape index (κ2) is 7.31. The number of carbonyl (C=O) groups is 2. The van der Waals surface area contributed by atoms with Gasteiger partial charge in [-0.15, -0.1) is 0 Å². The molecule has 1 rings (SSSR count). The third kappa shape index (κ3) is 4.60. The Bertz CT molecular complexity index is 417. The van der Waals surface area contributed by atoms with E-state index in [0.29, 0.717) is 0 Å². The summed E-state index contributed by atoms with van der Waals surface area (Å²) in [7, 11) is 0. The van der Waals surface area contributed by atoms with Crippen molar-refractivity contribution in [3.63, 3.8) is 0 Å². The molecular weight excluding hydrogens is 302 g/mol. The molecule has 1 aliphatic heterocycles. The van der Waals surface area contributed by atoms with Crippen molar-refractivity contribution >= 4 is 11.9 Å². The van der Waals surface area contributed by atoms with E-state index in [0.717, 1.165) is 6.92 Å². The molecule has 0 bridgehead atoms. The molecule has 0 saturated carbocycles. The van der Waals surface area contributed by atoms with Crippen molar-refractivity contribution in [3.8, 4) is 0 Å². The molecule has 22 heavy (non-hydrogen) atoms. The average molecular weight is 323 g/mol. The molecule has 1 heterocycles. The number of hydrogen-bond donors (Lipinski definition) is 7. The van der Waals surface area contributed by atoms with E-state index in [4.69, 9.17) is 14.9 Å². The number of carboxylic acids is 1. The van der Waals surface area contributed by atoms with Gasteiger partial charge in [-0.05, 0) is 0 Å². The highest BCUT2D eigenvalue weighted by Crippen LogP contribution is 2.32. The van der Waals surface area contributed by atoms with E-state index in [1.807, 2.05) is 0 Å². The number of ether oxygens (including phenoxy) is 1. The van der Waals surface area contributed by atoms with E-state index < -0.39 is 67.6 Å². The van der Waals surface area contributed by atoms with E-state index in [-0.39, 0.29) is 0 Å². The lowest BCUT2D eigenvalue weighted by atomic mass is 9.87. The maximum absolute atomic E-state index is 11.2. The summed E-state index contributed by atoms with van der Waals surface area (Å²) < 4.78 is 5.13. The van der Waals surface area contributed by atoms with E-state index in [2.05, 4.69) is 5.32 Å². The van der Waals surface area contributed by atoms with Gasteiger partial charge in [-0.2, -0.15) is 0 Å².